The number of carbonyl (C=O) groups excluding carboxylic acids is 1. The Morgan fingerprint density at radius 2 is 1.95 bits per heavy atom. The molecule has 3 N–H and O–H groups in total. The van der Waals surface area contributed by atoms with E-state index in [1.54, 1.807) is 31.2 Å². The number of benzene rings is 2. The second-order valence-corrected chi connectivity index (χ2v) is 5.41. The number of hydrogen-bond donors (Lipinski definition) is 2. The summed E-state index contributed by atoms with van der Waals surface area (Å²) < 4.78 is 5.71. The minimum Gasteiger partial charge on any atom is -0.462 e. The largest absolute Gasteiger partial charge is 0.462 e. The minimum absolute atomic E-state index is 0.301. The van der Waals surface area contributed by atoms with Crippen LogP contribution in [0.15, 0.2) is 40.9 Å². The van der Waals surface area contributed by atoms with E-state index in [4.69, 9.17) is 22.1 Å². The maximum Gasteiger partial charge on any atom is 0.340 e. The SMILES string of the molecule is CCOC(=O)c1cccc(Nc2cccc(Cl)c2Br)c1N. The Balaban J connectivity index is 2.35. The number of esters is 1. The molecule has 0 unspecified atom stereocenters. The van der Waals surface area contributed by atoms with E-state index < -0.39 is 5.97 Å². The molecule has 0 radical (unpaired) electrons. The Bertz CT molecular complexity index is 677. The van der Waals surface area contributed by atoms with Crippen molar-refractivity contribution >= 4 is 50.6 Å². The number of anilines is 3. The van der Waals surface area contributed by atoms with Gasteiger partial charge in [-0.25, -0.2) is 4.79 Å². The van der Waals surface area contributed by atoms with Crippen molar-refractivity contribution in [3.63, 3.8) is 0 Å². The van der Waals surface area contributed by atoms with Crippen LogP contribution in [0.2, 0.25) is 5.02 Å². The molecule has 21 heavy (non-hydrogen) atoms. The van der Waals surface area contributed by atoms with Crippen LogP contribution in [0, 0.1) is 0 Å². The van der Waals surface area contributed by atoms with Gasteiger partial charge in [0.15, 0.2) is 0 Å². The van der Waals surface area contributed by atoms with Gasteiger partial charge in [0.05, 0.1) is 38.7 Å². The lowest BCUT2D eigenvalue weighted by Crippen LogP contribution is -2.09. The van der Waals surface area contributed by atoms with Crippen molar-refractivity contribution in [2.24, 2.45) is 0 Å². The van der Waals surface area contributed by atoms with Crippen molar-refractivity contribution in [1.82, 2.24) is 0 Å². The first-order chi connectivity index (χ1) is 10.0. The number of halogens is 2. The molecule has 0 atom stereocenters. The summed E-state index contributed by atoms with van der Waals surface area (Å²) in [5.41, 5.74) is 8.08. The summed E-state index contributed by atoms with van der Waals surface area (Å²) in [5, 5.41) is 3.74. The third-order valence-electron chi connectivity index (χ3n) is 2.82. The zero-order chi connectivity index (χ0) is 15.4. The van der Waals surface area contributed by atoms with Gasteiger partial charge in [0, 0.05) is 0 Å². The number of nitrogens with one attached hydrogen (secondary N) is 1. The average Bonchev–Trinajstić information content (AvgIpc) is 2.46. The lowest BCUT2D eigenvalue weighted by molar-refractivity contribution is 0.0527. The molecule has 0 saturated carbocycles. The summed E-state index contributed by atoms with van der Waals surface area (Å²) in [5.74, 6) is -0.441. The molecule has 0 amide bonds. The molecule has 0 aliphatic carbocycles. The molecule has 2 aromatic rings. The number of rotatable bonds is 4. The highest BCUT2D eigenvalue weighted by atomic mass is 79.9. The lowest BCUT2D eigenvalue weighted by Gasteiger charge is -2.14. The Morgan fingerprint density at radius 3 is 2.67 bits per heavy atom. The van der Waals surface area contributed by atoms with Crippen molar-refractivity contribution in [2.75, 3.05) is 17.7 Å². The zero-order valence-electron chi connectivity index (χ0n) is 11.3. The summed E-state index contributed by atoms with van der Waals surface area (Å²) in [6.45, 7) is 2.05. The van der Waals surface area contributed by atoms with Crippen LogP contribution in [0.4, 0.5) is 17.1 Å². The molecule has 2 rings (SSSR count). The number of hydrogen-bond acceptors (Lipinski definition) is 4. The molecule has 0 aliphatic heterocycles. The molecule has 0 spiro atoms. The summed E-state index contributed by atoms with van der Waals surface area (Å²) in [7, 11) is 0. The van der Waals surface area contributed by atoms with E-state index in [1.807, 2.05) is 12.1 Å². The molecule has 0 aromatic heterocycles. The molecule has 0 saturated heterocycles. The van der Waals surface area contributed by atoms with Crippen molar-refractivity contribution in [2.45, 2.75) is 6.92 Å². The van der Waals surface area contributed by atoms with E-state index in [0.29, 0.717) is 28.6 Å². The summed E-state index contributed by atoms with van der Waals surface area (Å²) in [4.78, 5) is 11.8. The van der Waals surface area contributed by atoms with Gasteiger partial charge in [-0.15, -0.1) is 0 Å². The maximum atomic E-state index is 11.8. The van der Waals surface area contributed by atoms with Gasteiger partial charge in [-0.3, -0.25) is 0 Å². The quantitative estimate of drug-likeness (QED) is 0.610. The lowest BCUT2D eigenvalue weighted by atomic mass is 10.1. The van der Waals surface area contributed by atoms with Gasteiger partial charge in [0.2, 0.25) is 0 Å². The van der Waals surface area contributed by atoms with Gasteiger partial charge < -0.3 is 15.8 Å². The summed E-state index contributed by atoms with van der Waals surface area (Å²) in [6, 6.07) is 10.6. The zero-order valence-corrected chi connectivity index (χ0v) is 13.7. The predicted octanol–water partition coefficient (Wildman–Crippen LogP) is 4.61. The fraction of sp³-hybridized carbons (Fsp3) is 0.133. The van der Waals surface area contributed by atoms with Crippen LogP contribution in [-0.2, 0) is 4.74 Å². The Labute approximate surface area is 136 Å². The highest BCUT2D eigenvalue weighted by molar-refractivity contribution is 9.10. The van der Waals surface area contributed by atoms with Crippen molar-refractivity contribution < 1.29 is 9.53 Å². The van der Waals surface area contributed by atoms with E-state index in [2.05, 4.69) is 21.2 Å². The fourth-order valence-electron chi connectivity index (χ4n) is 1.81. The number of nitrogens with two attached hydrogens (primary N) is 1. The molecule has 4 nitrogen and oxygen atoms in total. The number of ether oxygens (including phenoxy) is 1. The van der Waals surface area contributed by atoms with Gasteiger partial charge in [0.1, 0.15) is 0 Å². The molecule has 110 valence electrons. The molecule has 0 fully saturated rings. The Kier molecular flexibility index (Phi) is 5.09. The van der Waals surface area contributed by atoms with E-state index in [9.17, 15) is 4.79 Å². The Hall–Kier alpha value is -1.72. The van der Waals surface area contributed by atoms with Crippen molar-refractivity contribution in [1.29, 1.82) is 0 Å². The summed E-state index contributed by atoms with van der Waals surface area (Å²) >= 11 is 9.46. The molecule has 2 aromatic carbocycles. The number of para-hydroxylation sites is 1. The number of carbonyl (C=O) groups is 1. The third-order valence-corrected chi connectivity index (χ3v) is 4.22. The molecule has 6 heteroatoms. The second kappa shape index (κ2) is 6.83. The van der Waals surface area contributed by atoms with Crippen LogP contribution in [-0.4, -0.2) is 12.6 Å². The normalized spacial score (nSPS) is 10.2. The smallest absolute Gasteiger partial charge is 0.340 e. The van der Waals surface area contributed by atoms with E-state index in [1.165, 1.54) is 0 Å². The van der Waals surface area contributed by atoms with Crippen LogP contribution < -0.4 is 11.1 Å². The van der Waals surface area contributed by atoms with Gasteiger partial charge in [-0.1, -0.05) is 23.7 Å². The van der Waals surface area contributed by atoms with Crippen LogP contribution in [0.25, 0.3) is 0 Å². The predicted molar refractivity (Wildman–Crippen MR) is 89.2 cm³/mol. The summed E-state index contributed by atoms with van der Waals surface area (Å²) in [6.07, 6.45) is 0. The Morgan fingerprint density at radius 1 is 1.29 bits per heavy atom. The van der Waals surface area contributed by atoms with E-state index in [0.717, 1.165) is 10.2 Å². The minimum atomic E-state index is -0.441. The average molecular weight is 370 g/mol. The van der Waals surface area contributed by atoms with Crippen LogP contribution in [0.1, 0.15) is 17.3 Å². The van der Waals surface area contributed by atoms with Gasteiger partial charge in [-0.05, 0) is 47.1 Å². The van der Waals surface area contributed by atoms with Crippen LogP contribution in [0.5, 0.6) is 0 Å². The topological polar surface area (TPSA) is 64.3 Å². The van der Waals surface area contributed by atoms with Gasteiger partial charge >= 0.3 is 5.97 Å². The molecular formula is C15H14BrClN2O2. The highest BCUT2D eigenvalue weighted by Crippen LogP contribution is 2.34. The molecular weight excluding hydrogens is 356 g/mol. The third kappa shape index (κ3) is 3.49. The monoisotopic (exact) mass is 368 g/mol. The highest BCUT2D eigenvalue weighted by Gasteiger charge is 2.14. The van der Waals surface area contributed by atoms with Crippen LogP contribution >= 0.6 is 27.5 Å². The van der Waals surface area contributed by atoms with Crippen LogP contribution in [0.3, 0.4) is 0 Å². The van der Waals surface area contributed by atoms with Crippen molar-refractivity contribution in [3.05, 3.63) is 51.5 Å². The first-order valence-electron chi connectivity index (χ1n) is 6.31. The molecule has 0 heterocycles. The van der Waals surface area contributed by atoms with E-state index in [-0.39, 0.29) is 0 Å². The maximum absolute atomic E-state index is 11.8. The molecule has 0 bridgehead atoms. The molecule has 0 aliphatic rings. The fourth-order valence-corrected chi connectivity index (χ4v) is 2.34. The number of nitrogen functional groups attached to an aromatic ring is 1. The van der Waals surface area contributed by atoms with Gasteiger partial charge in [-0.2, -0.15) is 0 Å². The van der Waals surface area contributed by atoms with Gasteiger partial charge in [0.25, 0.3) is 0 Å². The standard InChI is InChI=1S/C15H14BrClN2O2/c1-2-21-15(20)9-5-3-8-12(14(9)18)19-11-7-4-6-10(17)13(11)16/h3-8,19H,2,18H2,1H3. The first kappa shape index (κ1) is 15.7. The first-order valence-corrected chi connectivity index (χ1v) is 7.48. The van der Waals surface area contributed by atoms with Crippen molar-refractivity contribution in [3.8, 4) is 0 Å². The second-order valence-electron chi connectivity index (χ2n) is 4.21. The van der Waals surface area contributed by atoms with E-state index >= 15 is 0 Å².